The van der Waals surface area contributed by atoms with Gasteiger partial charge in [0.2, 0.25) is 5.91 Å². The highest BCUT2D eigenvalue weighted by Gasteiger charge is 2.48. The Morgan fingerprint density at radius 1 is 1.27 bits per heavy atom. The molecule has 2 fully saturated rings. The number of hydrogen-bond donors (Lipinski definition) is 1. The average molecular weight is 393 g/mol. The van der Waals surface area contributed by atoms with Gasteiger partial charge < -0.3 is 15.0 Å². The molecule has 2 aliphatic rings. The number of para-hydroxylation sites is 1. The fourth-order valence-electron chi connectivity index (χ4n) is 3.70. The highest BCUT2D eigenvalue weighted by molar-refractivity contribution is 5.85. The van der Waals surface area contributed by atoms with Crippen LogP contribution in [0.3, 0.4) is 0 Å². The third kappa shape index (κ3) is 5.04. The number of amides is 1. The van der Waals surface area contributed by atoms with Crippen LogP contribution < -0.4 is 10.1 Å². The molecule has 8 heteroatoms. The Kier molecular flexibility index (Phi) is 6.80. The summed E-state index contributed by atoms with van der Waals surface area (Å²) in [5, 5.41) is 3.16. The van der Waals surface area contributed by atoms with Crippen LogP contribution in [0.15, 0.2) is 24.3 Å². The molecular weight excluding hydrogens is 369 g/mol. The maximum Gasteiger partial charge on any atom is 0.573 e. The van der Waals surface area contributed by atoms with Crippen molar-refractivity contribution in [3.05, 3.63) is 29.8 Å². The molecule has 0 spiro atoms. The Morgan fingerprint density at radius 2 is 1.92 bits per heavy atom. The van der Waals surface area contributed by atoms with Crippen molar-refractivity contribution < 1.29 is 22.7 Å². The van der Waals surface area contributed by atoms with Crippen molar-refractivity contribution in [2.24, 2.45) is 11.8 Å². The zero-order valence-corrected chi connectivity index (χ0v) is 15.4. The normalized spacial score (nSPS) is 23.3. The molecule has 2 atom stereocenters. The Balaban J connectivity index is 0.00000243. The van der Waals surface area contributed by atoms with Crippen molar-refractivity contribution in [1.29, 1.82) is 0 Å². The van der Waals surface area contributed by atoms with Crippen molar-refractivity contribution in [2.75, 3.05) is 26.7 Å². The lowest BCUT2D eigenvalue weighted by Gasteiger charge is -2.32. The Morgan fingerprint density at radius 3 is 2.54 bits per heavy atom. The minimum Gasteiger partial charge on any atom is -0.405 e. The summed E-state index contributed by atoms with van der Waals surface area (Å²) in [6.07, 6.45) is -2.19. The number of halogens is 4. The fourth-order valence-corrected chi connectivity index (χ4v) is 3.70. The molecule has 3 rings (SSSR count). The van der Waals surface area contributed by atoms with Crippen molar-refractivity contribution >= 4 is 18.3 Å². The zero-order valence-electron chi connectivity index (χ0n) is 14.6. The molecule has 26 heavy (non-hydrogen) atoms. The van der Waals surface area contributed by atoms with Gasteiger partial charge in [0.15, 0.2) is 0 Å². The number of rotatable bonds is 5. The molecule has 1 heterocycles. The molecule has 4 nitrogen and oxygen atoms in total. The number of likely N-dealkylation sites (tertiary alicyclic amines) is 1. The van der Waals surface area contributed by atoms with E-state index >= 15 is 0 Å². The van der Waals surface area contributed by atoms with Gasteiger partial charge in [-0.25, -0.2) is 0 Å². The summed E-state index contributed by atoms with van der Waals surface area (Å²) in [5.41, 5.74) is 0.475. The van der Waals surface area contributed by atoms with Gasteiger partial charge in [-0.05, 0) is 56.3 Å². The largest absolute Gasteiger partial charge is 0.573 e. The number of nitrogens with one attached hydrogen (secondary N) is 1. The molecule has 1 aliphatic heterocycles. The molecule has 1 amide bonds. The molecule has 1 aliphatic carbocycles. The van der Waals surface area contributed by atoms with Gasteiger partial charge in [-0.1, -0.05) is 18.2 Å². The van der Waals surface area contributed by atoms with E-state index in [1.165, 1.54) is 12.1 Å². The molecule has 0 aromatic heterocycles. The molecule has 0 bridgehead atoms. The Bertz CT molecular complexity index is 619. The molecule has 1 saturated carbocycles. The number of carbonyl (C=O) groups excluding carboxylic acids is 1. The molecule has 1 saturated heterocycles. The summed E-state index contributed by atoms with van der Waals surface area (Å²) in [4.78, 5) is 14.5. The molecule has 1 aromatic carbocycles. The van der Waals surface area contributed by atoms with Crippen LogP contribution in [0.1, 0.15) is 30.7 Å². The lowest BCUT2D eigenvalue weighted by Crippen LogP contribution is -2.41. The zero-order chi connectivity index (χ0) is 18.0. The summed E-state index contributed by atoms with van der Waals surface area (Å²) < 4.78 is 41.8. The highest BCUT2D eigenvalue weighted by atomic mass is 35.5. The van der Waals surface area contributed by atoms with Gasteiger partial charge in [-0.3, -0.25) is 4.79 Å². The standard InChI is InChI=1S/C18H23F3N2O2.ClH/c1-22-11-12-6-8-23(9-7-12)17(24)15-10-14(15)13-4-2-3-5-16(13)25-18(19,20)21;/h2-5,12,14-15,22H,6-11H2,1H3;1H. The first-order chi connectivity index (χ1) is 11.9. The second-order valence-electron chi connectivity index (χ2n) is 6.86. The fraction of sp³-hybridized carbons (Fsp3) is 0.611. The number of nitrogens with zero attached hydrogens (tertiary/aromatic N) is 1. The van der Waals surface area contributed by atoms with E-state index in [0.717, 1.165) is 32.5 Å². The second kappa shape index (κ2) is 8.48. The van der Waals surface area contributed by atoms with Crippen LogP contribution in [0.4, 0.5) is 13.2 Å². The second-order valence-corrected chi connectivity index (χ2v) is 6.86. The number of benzene rings is 1. The maximum atomic E-state index is 12.7. The number of alkyl halides is 3. The summed E-state index contributed by atoms with van der Waals surface area (Å²) in [6.45, 7) is 2.42. The summed E-state index contributed by atoms with van der Waals surface area (Å²) >= 11 is 0. The molecule has 1 N–H and O–H groups in total. The number of hydrogen-bond acceptors (Lipinski definition) is 3. The third-order valence-electron chi connectivity index (χ3n) is 5.07. The van der Waals surface area contributed by atoms with E-state index in [0.29, 0.717) is 17.9 Å². The Hall–Kier alpha value is -1.47. The molecular formula is C18H24ClF3N2O2. The topological polar surface area (TPSA) is 41.6 Å². The van der Waals surface area contributed by atoms with E-state index in [2.05, 4.69) is 10.1 Å². The van der Waals surface area contributed by atoms with Gasteiger partial charge in [-0.2, -0.15) is 0 Å². The Labute approximate surface area is 157 Å². The average Bonchev–Trinajstić information content (AvgIpc) is 3.35. The quantitative estimate of drug-likeness (QED) is 0.833. The van der Waals surface area contributed by atoms with Crippen molar-refractivity contribution in [2.45, 2.75) is 31.5 Å². The van der Waals surface area contributed by atoms with Crippen LogP contribution >= 0.6 is 12.4 Å². The molecule has 0 radical (unpaired) electrons. The molecule has 1 aromatic rings. The van der Waals surface area contributed by atoms with Crippen molar-refractivity contribution in [3.63, 3.8) is 0 Å². The lowest BCUT2D eigenvalue weighted by molar-refractivity contribution is -0.274. The van der Waals surface area contributed by atoms with Crippen LogP contribution in [-0.2, 0) is 4.79 Å². The SMILES string of the molecule is CNCC1CCN(C(=O)C2CC2c2ccccc2OC(F)(F)F)CC1.Cl. The van der Waals surface area contributed by atoms with E-state index in [1.54, 1.807) is 12.1 Å². The summed E-state index contributed by atoms with van der Waals surface area (Å²) in [6, 6.07) is 6.13. The first-order valence-corrected chi connectivity index (χ1v) is 8.67. The predicted molar refractivity (Wildman–Crippen MR) is 94.5 cm³/mol. The van der Waals surface area contributed by atoms with Gasteiger partial charge in [0.05, 0.1) is 0 Å². The van der Waals surface area contributed by atoms with Gasteiger partial charge in [-0.15, -0.1) is 25.6 Å². The summed E-state index contributed by atoms with van der Waals surface area (Å²) in [7, 11) is 1.92. The predicted octanol–water partition coefficient (Wildman–Crippen LogP) is 3.57. The van der Waals surface area contributed by atoms with Gasteiger partial charge in [0.1, 0.15) is 5.75 Å². The van der Waals surface area contributed by atoms with E-state index in [1.807, 2.05) is 11.9 Å². The smallest absolute Gasteiger partial charge is 0.405 e. The van der Waals surface area contributed by atoms with Gasteiger partial charge in [0, 0.05) is 19.0 Å². The van der Waals surface area contributed by atoms with Crippen LogP contribution in [0.5, 0.6) is 5.75 Å². The van der Waals surface area contributed by atoms with E-state index in [4.69, 9.17) is 0 Å². The van der Waals surface area contributed by atoms with Crippen molar-refractivity contribution in [1.82, 2.24) is 10.2 Å². The third-order valence-corrected chi connectivity index (χ3v) is 5.07. The molecule has 146 valence electrons. The molecule has 2 unspecified atom stereocenters. The number of ether oxygens (including phenoxy) is 1. The lowest BCUT2D eigenvalue weighted by atomic mass is 9.96. The minimum absolute atomic E-state index is 0. The van der Waals surface area contributed by atoms with Crippen LogP contribution in [0.25, 0.3) is 0 Å². The van der Waals surface area contributed by atoms with Gasteiger partial charge in [0.25, 0.3) is 0 Å². The number of carbonyl (C=O) groups is 1. The van der Waals surface area contributed by atoms with E-state index in [9.17, 15) is 18.0 Å². The minimum atomic E-state index is -4.72. The van der Waals surface area contributed by atoms with Gasteiger partial charge >= 0.3 is 6.36 Å². The monoisotopic (exact) mass is 392 g/mol. The maximum absolute atomic E-state index is 12.7. The van der Waals surface area contributed by atoms with Crippen LogP contribution in [-0.4, -0.2) is 43.9 Å². The van der Waals surface area contributed by atoms with Crippen molar-refractivity contribution in [3.8, 4) is 5.75 Å². The first-order valence-electron chi connectivity index (χ1n) is 8.67. The first kappa shape index (κ1) is 20.8. The highest BCUT2D eigenvalue weighted by Crippen LogP contribution is 2.52. The number of piperidine rings is 1. The van der Waals surface area contributed by atoms with E-state index in [-0.39, 0.29) is 35.9 Å². The van der Waals surface area contributed by atoms with Crippen LogP contribution in [0, 0.1) is 11.8 Å². The van der Waals surface area contributed by atoms with E-state index < -0.39 is 6.36 Å². The van der Waals surface area contributed by atoms with Crippen LogP contribution in [0.2, 0.25) is 0 Å². The summed E-state index contributed by atoms with van der Waals surface area (Å²) in [5.74, 6) is 0.0580.